The second-order valence-electron chi connectivity index (χ2n) is 6.40. The van der Waals surface area contributed by atoms with Crippen LogP contribution in [0, 0.1) is 6.92 Å². The van der Waals surface area contributed by atoms with E-state index in [0.717, 1.165) is 24.6 Å². The standard InChI is InChI=1S/C18H22N2O5S/c1-11-12(17(22)20-7-9-26-10-8-20)3-2-4-13(11)19-16(21)14-5-6-15(25-14)18(23)24/h2-4,14-15H,5-10H2,1H3,(H,19,21)(H,23,24)/t14-,15+/m0/s1. The van der Waals surface area contributed by atoms with Crippen LogP contribution in [0.3, 0.4) is 0 Å². The average molecular weight is 378 g/mol. The van der Waals surface area contributed by atoms with Gasteiger partial charge in [0.25, 0.3) is 11.8 Å². The van der Waals surface area contributed by atoms with E-state index in [4.69, 9.17) is 9.84 Å². The van der Waals surface area contributed by atoms with Crippen molar-refractivity contribution in [2.24, 2.45) is 0 Å². The number of anilines is 1. The van der Waals surface area contributed by atoms with E-state index in [1.807, 2.05) is 16.7 Å². The summed E-state index contributed by atoms with van der Waals surface area (Å²) in [4.78, 5) is 37.9. The lowest BCUT2D eigenvalue weighted by molar-refractivity contribution is -0.150. The van der Waals surface area contributed by atoms with Crippen molar-refractivity contribution < 1.29 is 24.2 Å². The lowest BCUT2D eigenvalue weighted by Gasteiger charge is -2.27. The third-order valence-corrected chi connectivity index (χ3v) is 5.65. The Balaban J connectivity index is 1.70. The topological polar surface area (TPSA) is 95.9 Å². The Morgan fingerprint density at radius 1 is 1.19 bits per heavy atom. The highest BCUT2D eigenvalue weighted by atomic mass is 32.2. The number of thioether (sulfide) groups is 1. The van der Waals surface area contributed by atoms with Crippen molar-refractivity contribution >= 4 is 35.2 Å². The van der Waals surface area contributed by atoms with E-state index in [9.17, 15) is 14.4 Å². The zero-order valence-corrected chi connectivity index (χ0v) is 15.4. The third kappa shape index (κ3) is 4.02. The van der Waals surface area contributed by atoms with E-state index < -0.39 is 18.2 Å². The molecule has 3 rings (SSSR count). The number of amides is 2. The molecule has 26 heavy (non-hydrogen) atoms. The molecule has 2 atom stereocenters. The highest BCUT2D eigenvalue weighted by molar-refractivity contribution is 7.99. The van der Waals surface area contributed by atoms with E-state index in [1.165, 1.54) is 0 Å². The molecule has 0 bridgehead atoms. The quantitative estimate of drug-likeness (QED) is 0.829. The number of nitrogens with zero attached hydrogens (tertiary/aromatic N) is 1. The number of carbonyl (C=O) groups excluding carboxylic acids is 2. The summed E-state index contributed by atoms with van der Waals surface area (Å²) in [6, 6.07) is 5.24. The second-order valence-corrected chi connectivity index (χ2v) is 7.63. The summed E-state index contributed by atoms with van der Waals surface area (Å²) in [7, 11) is 0. The van der Waals surface area contributed by atoms with Gasteiger partial charge in [0.15, 0.2) is 6.10 Å². The lowest BCUT2D eigenvalue weighted by Crippen LogP contribution is -2.38. The fourth-order valence-electron chi connectivity index (χ4n) is 3.16. The number of hydrogen-bond acceptors (Lipinski definition) is 5. The molecule has 1 aromatic carbocycles. The molecule has 0 saturated carbocycles. The molecule has 8 heteroatoms. The molecule has 7 nitrogen and oxygen atoms in total. The summed E-state index contributed by atoms with van der Waals surface area (Å²) in [5.41, 5.74) is 1.83. The number of rotatable bonds is 4. The molecule has 140 valence electrons. The average Bonchev–Trinajstić information content (AvgIpc) is 3.14. The third-order valence-electron chi connectivity index (χ3n) is 4.71. The Bertz CT molecular complexity index is 718. The first kappa shape index (κ1) is 18.7. The Morgan fingerprint density at radius 2 is 1.88 bits per heavy atom. The van der Waals surface area contributed by atoms with Crippen molar-refractivity contribution in [1.82, 2.24) is 4.90 Å². The monoisotopic (exact) mass is 378 g/mol. The zero-order chi connectivity index (χ0) is 18.7. The maximum atomic E-state index is 12.7. The first-order chi connectivity index (χ1) is 12.5. The first-order valence-corrected chi connectivity index (χ1v) is 9.78. The maximum absolute atomic E-state index is 12.7. The number of hydrogen-bond donors (Lipinski definition) is 2. The van der Waals surface area contributed by atoms with Crippen LogP contribution in [0.1, 0.15) is 28.8 Å². The second kappa shape index (κ2) is 8.09. The Hall–Kier alpha value is -2.06. The lowest BCUT2D eigenvalue weighted by atomic mass is 10.0. The number of aliphatic carboxylic acids is 1. The van der Waals surface area contributed by atoms with Crippen molar-refractivity contribution in [2.45, 2.75) is 32.0 Å². The van der Waals surface area contributed by atoms with Gasteiger partial charge in [-0.2, -0.15) is 11.8 Å². The van der Waals surface area contributed by atoms with Gasteiger partial charge in [0.05, 0.1) is 0 Å². The minimum atomic E-state index is -1.05. The molecule has 2 fully saturated rings. The van der Waals surface area contributed by atoms with Crippen molar-refractivity contribution in [1.29, 1.82) is 0 Å². The summed E-state index contributed by atoms with van der Waals surface area (Å²) in [5, 5.41) is 11.7. The summed E-state index contributed by atoms with van der Waals surface area (Å²) in [5.74, 6) is 0.414. The minimum Gasteiger partial charge on any atom is -0.479 e. The van der Waals surface area contributed by atoms with E-state index in [2.05, 4.69) is 5.32 Å². The van der Waals surface area contributed by atoms with Crippen LogP contribution >= 0.6 is 11.8 Å². The van der Waals surface area contributed by atoms with Gasteiger partial charge in [-0.1, -0.05) is 6.07 Å². The van der Waals surface area contributed by atoms with Crippen LogP contribution in [0.2, 0.25) is 0 Å². The molecule has 2 aliphatic heterocycles. The molecular formula is C18H22N2O5S. The summed E-state index contributed by atoms with van der Waals surface area (Å²) >= 11 is 1.84. The van der Waals surface area contributed by atoms with Gasteiger partial charge in [-0.3, -0.25) is 9.59 Å². The maximum Gasteiger partial charge on any atom is 0.332 e. The fourth-order valence-corrected chi connectivity index (χ4v) is 4.07. The number of nitrogens with one attached hydrogen (secondary N) is 1. The summed E-state index contributed by atoms with van der Waals surface area (Å²) < 4.78 is 5.28. The Kier molecular flexibility index (Phi) is 5.83. The molecule has 0 radical (unpaired) electrons. The number of carbonyl (C=O) groups is 3. The van der Waals surface area contributed by atoms with Gasteiger partial charge in [-0.05, 0) is 37.5 Å². The van der Waals surface area contributed by atoms with Crippen molar-refractivity contribution in [3.8, 4) is 0 Å². The van der Waals surface area contributed by atoms with Crippen molar-refractivity contribution in [3.05, 3.63) is 29.3 Å². The fraction of sp³-hybridized carbons (Fsp3) is 0.500. The number of carboxylic acids is 1. The summed E-state index contributed by atoms with van der Waals surface area (Å²) in [6.45, 7) is 3.26. The molecule has 2 saturated heterocycles. The SMILES string of the molecule is Cc1c(NC(=O)[C@@H]2CC[C@H](C(=O)O)O2)cccc1C(=O)N1CCSCC1. The first-order valence-electron chi connectivity index (χ1n) is 8.63. The highest BCUT2D eigenvalue weighted by Gasteiger charge is 2.35. The van der Waals surface area contributed by atoms with E-state index in [-0.39, 0.29) is 11.8 Å². The van der Waals surface area contributed by atoms with Gasteiger partial charge in [0, 0.05) is 35.8 Å². The highest BCUT2D eigenvalue weighted by Crippen LogP contribution is 2.25. The summed E-state index contributed by atoms with van der Waals surface area (Å²) in [6.07, 6.45) is -1.03. The predicted molar refractivity (Wildman–Crippen MR) is 98.6 cm³/mol. The van der Waals surface area contributed by atoms with Crippen LogP contribution in [0.4, 0.5) is 5.69 Å². The molecule has 2 amide bonds. The molecule has 0 aromatic heterocycles. The molecule has 0 unspecified atom stereocenters. The van der Waals surface area contributed by atoms with Crippen LogP contribution in [-0.4, -0.2) is 64.6 Å². The van der Waals surface area contributed by atoms with Crippen LogP contribution < -0.4 is 5.32 Å². The van der Waals surface area contributed by atoms with E-state index >= 15 is 0 Å². The van der Waals surface area contributed by atoms with Crippen LogP contribution in [0.15, 0.2) is 18.2 Å². The van der Waals surface area contributed by atoms with Crippen LogP contribution in [-0.2, 0) is 14.3 Å². The van der Waals surface area contributed by atoms with Gasteiger partial charge in [0.2, 0.25) is 0 Å². The van der Waals surface area contributed by atoms with Gasteiger partial charge in [0.1, 0.15) is 6.10 Å². The largest absolute Gasteiger partial charge is 0.479 e. The van der Waals surface area contributed by atoms with Crippen molar-refractivity contribution in [3.63, 3.8) is 0 Å². The predicted octanol–water partition coefficient (Wildman–Crippen LogP) is 1.75. The van der Waals surface area contributed by atoms with Gasteiger partial charge < -0.3 is 20.1 Å². The number of ether oxygens (including phenoxy) is 1. The molecule has 2 aliphatic rings. The minimum absolute atomic E-state index is 0.0260. The molecule has 2 N–H and O–H groups in total. The Labute approximate surface area is 156 Å². The molecular weight excluding hydrogens is 356 g/mol. The van der Waals surface area contributed by atoms with Crippen molar-refractivity contribution in [2.75, 3.05) is 29.9 Å². The van der Waals surface area contributed by atoms with Gasteiger partial charge >= 0.3 is 5.97 Å². The number of benzene rings is 1. The van der Waals surface area contributed by atoms with Gasteiger partial charge in [-0.15, -0.1) is 0 Å². The zero-order valence-electron chi connectivity index (χ0n) is 14.6. The van der Waals surface area contributed by atoms with Crippen LogP contribution in [0.5, 0.6) is 0 Å². The molecule has 0 aliphatic carbocycles. The molecule has 0 spiro atoms. The Morgan fingerprint density at radius 3 is 2.54 bits per heavy atom. The number of carboxylic acid groups (broad SMARTS) is 1. The smallest absolute Gasteiger partial charge is 0.332 e. The van der Waals surface area contributed by atoms with Gasteiger partial charge in [-0.25, -0.2) is 4.79 Å². The van der Waals surface area contributed by atoms with E-state index in [0.29, 0.717) is 29.7 Å². The van der Waals surface area contributed by atoms with Crippen LogP contribution in [0.25, 0.3) is 0 Å². The normalized spacial score (nSPS) is 22.9. The molecule has 1 aromatic rings. The molecule has 2 heterocycles. The van der Waals surface area contributed by atoms with E-state index in [1.54, 1.807) is 25.1 Å².